The molecule has 0 fully saturated rings. The highest BCUT2D eigenvalue weighted by atomic mass is 32.2. The molecule has 6 heteroatoms. The molecule has 1 aromatic rings. The van der Waals surface area contributed by atoms with E-state index in [2.05, 4.69) is 9.72 Å². The normalized spacial score (nSPS) is 10.1. The molecule has 4 nitrogen and oxygen atoms in total. The zero-order chi connectivity index (χ0) is 11.4. The van der Waals surface area contributed by atoms with Crippen LogP contribution in [0.1, 0.15) is 32.1 Å². The summed E-state index contributed by atoms with van der Waals surface area (Å²) in [5.74, 6) is -0.00821. The van der Waals surface area contributed by atoms with Crippen molar-refractivity contribution in [2.24, 2.45) is 0 Å². The fourth-order valence-electron chi connectivity index (χ4n) is 1.02. The Morgan fingerprint density at radius 1 is 1.53 bits per heavy atom. The first kappa shape index (κ1) is 12.2. The molecule has 0 unspecified atom stereocenters. The number of carbonyl (C=O) groups excluding carboxylic acids is 2. The molecule has 1 heterocycles. The lowest BCUT2D eigenvalue weighted by Crippen LogP contribution is -2.07. The van der Waals surface area contributed by atoms with Crippen molar-refractivity contribution in [3.8, 4) is 0 Å². The lowest BCUT2D eigenvalue weighted by Gasteiger charge is -1.95. The first-order chi connectivity index (χ1) is 7.10. The van der Waals surface area contributed by atoms with Crippen molar-refractivity contribution in [2.75, 3.05) is 13.4 Å². The van der Waals surface area contributed by atoms with Crippen LogP contribution in [0.5, 0.6) is 0 Å². The highest BCUT2D eigenvalue weighted by Gasteiger charge is 2.21. The van der Waals surface area contributed by atoms with E-state index in [1.165, 1.54) is 25.4 Å². The van der Waals surface area contributed by atoms with Crippen molar-refractivity contribution in [1.82, 2.24) is 4.98 Å². The standard InChI is InChI=1S/C9H11NO3S2/c1-5(11)8-7(9(12)13-2)10-6(15-8)4-14-3/h4H2,1-3H3. The Morgan fingerprint density at radius 2 is 2.20 bits per heavy atom. The average molecular weight is 245 g/mol. The molecule has 0 aliphatic heterocycles. The van der Waals surface area contributed by atoms with Crippen LogP contribution in [0.3, 0.4) is 0 Å². The minimum atomic E-state index is -0.552. The summed E-state index contributed by atoms with van der Waals surface area (Å²) < 4.78 is 4.56. The summed E-state index contributed by atoms with van der Waals surface area (Å²) in [5.41, 5.74) is 0.138. The Morgan fingerprint density at radius 3 is 2.67 bits per heavy atom. The van der Waals surface area contributed by atoms with Gasteiger partial charge in [0.05, 0.1) is 7.11 Å². The summed E-state index contributed by atoms with van der Waals surface area (Å²) >= 11 is 2.85. The van der Waals surface area contributed by atoms with Crippen LogP contribution in [0.15, 0.2) is 0 Å². The molecule has 0 aromatic carbocycles. The Bertz CT molecular complexity index is 387. The summed E-state index contributed by atoms with van der Waals surface area (Å²) in [6.45, 7) is 1.42. The van der Waals surface area contributed by atoms with Gasteiger partial charge in [0, 0.05) is 12.7 Å². The third-order valence-corrected chi connectivity index (χ3v) is 3.54. The molecule has 0 saturated heterocycles. The fourth-order valence-corrected chi connectivity index (χ4v) is 2.67. The third-order valence-electron chi connectivity index (χ3n) is 1.64. The number of thiazole rings is 1. The third kappa shape index (κ3) is 2.79. The maximum atomic E-state index is 11.3. The molecule has 0 spiro atoms. The van der Waals surface area contributed by atoms with Gasteiger partial charge in [-0.1, -0.05) is 0 Å². The molecule has 0 saturated carbocycles. The Kier molecular flexibility index (Phi) is 4.28. The van der Waals surface area contributed by atoms with Crippen LogP contribution >= 0.6 is 23.1 Å². The predicted molar refractivity (Wildman–Crippen MR) is 60.7 cm³/mol. The number of rotatable bonds is 4. The van der Waals surface area contributed by atoms with Crippen LogP contribution in [-0.2, 0) is 10.5 Å². The quantitative estimate of drug-likeness (QED) is 0.600. The van der Waals surface area contributed by atoms with Crippen LogP contribution in [0, 0.1) is 0 Å². The van der Waals surface area contributed by atoms with E-state index < -0.39 is 5.97 Å². The molecule has 0 bridgehead atoms. The number of thioether (sulfide) groups is 1. The number of esters is 1. The van der Waals surface area contributed by atoms with Gasteiger partial charge in [-0.25, -0.2) is 9.78 Å². The highest BCUT2D eigenvalue weighted by Crippen LogP contribution is 2.22. The molecule has 1 rings (SSSR count). The van der Waals surface area contributed by atoms with Crippen molar-refractivity contribution in [1.29, 1.82) is 0 Å². The number of nitrogens with zero attached hydrogens (tertiary/aromatic N) is 1. The number of Topliss-reactive ketones (excluding diaryl/α,β-unsaturated/α-hetero) is 1. The number of hydrogen-bond donors (Lipinski definition) is 0. The van der Waals surface area contributed by atoms with E-state index in [0.717, 1.165) is 5.01 Å². The van der Waals surface area contributed by atoms with Crippen LogP contribution in [0.25, 0.3) is 0 Å². The second-order valence-corrected chi connectivity index (χ2v) is 4.72. The van der Waals surface area contributed by atoms with Crippen LogP contribution in [0.2, 0.25) is 0 Å². The van der Waals surface area contributed by atoms with Gasteiger partial charge in [0.2, 0.25) is 0 Å². The summed E-state index contributed by atoms with van der Waals surface area (Å²) in [6, 6.07) is 0. The smallest absolute Gasteiger partial charge is 0.358 e. The molecular formula is C9H11NO3S2. The van der Waals surface area contributed by atoms with E-state index in [1.807, 2.05) is 6.26 Å². The van der Waals surface area contributed by atoms with Gasteiger partial charge < -0.3 is 4.74 Å². The van der Waals surface area contributed by atoms with Gasteiger partial charge in [-0.05, 0) is 6.26 Å². The van der Waals surface area contributed by atoms with E-state index in [-0.39, 0.29) is 11.5 Å². The number of ketones is 1. The van der Waals surface area contributed by atoms with Crippen molar-refractivity contribution in [2.45, 2.75) is 12.7 Å². The van der Waals surface area contributed by atoms with Crippen molar-refractivity contribution < 1.29 is 14.3 Å². The van der Waals surface area contributed by atoms with E-state index >= 15 is 0 Å². The minimum absolute atomic E-state index is 0.138. The summed E-state index contributed by atoms with van der Waals surface area (Å²) in [6.07, 6.45) is 1.94. The predicted octanol–water partition coefficient (Wildman–Crippen LogP) is 2.00. The average Bonchev–Trinajstić information content (AvgIpc) is 2.61. The maximum absolute atomic E-state index is 11.3. The van der Waals surface area contributed by atoms with Crippen molar-refractivity contribution in [3.63, 3.8) is 0 Å². The number of aromatic nitrogens is 1. The van der Waals surface area contributed by atoms with E-state index in [0.29, 0.717) is 10.6 Å². The largest absolute Gasteiger partial charge is 0.464 e. The summed E-state index contributed by atoms with van der Waals surface area (Å²) in [4.78, 5) is 27.1. The van der Waals surface area contributed by atoms with Crippen LogP contribution < -0.4 is 0 Å². The molecule has 0 amide bonds. The second kappa shape index (κ2) is 5.27. The topological polar surface area (TPSA) is 56.3 Å². The first-order valence-electron chi connectivity index (χ1n) is 4.18. The van der Waals surface area contributed by atoms with Gasteiger partial charge in [-0.2, -0.15) is 11.8 Å². The Labute approximate surface area is 96.0 Å². The maximum Gasteiger partial charge on any atom is 0.358 e. The van der Waals surface area contributed by atoms with Crippen LogP contribution in [-0.4, -0.2) is 30.1 Å². The molecule has 15 heavy (non-hydrogen) atoms. The first-order valence-corrected chi connectivity index (χ1v) is 6.39. The van der Waals surface area contributed by atoms with Gasteiger partial charge in [-0.15, -0.1) is 11.3 Å². The molecular weight excluding hydrogens is 234 g/mol. The molecule has 82 valence electrons. The fraction of sp³-hybridized carbons (Fsp3) is 0.444. The lowest BCUT2D eigenvalue weighted by atomic mass is 10.3. The van der Waals surface area contributed by atoms with Gasteiger partial charge in [0.15, 0.2) is 11.5 Å². The van der Waals surface area contributed by atoms with E-state index in [9.17, 15) is 9.59 Å². The van der Waals surface area contributed by atoms with Crippen molar-refractivity contribution in [3.05, 3.63) is 15.6 Å². The summed E-state index contributed by atoms with van der Waals surface area (Å²) in [5, 5.41) is 0.771. The van der Waals surface area contributed by atoms with Crippen LogP contribution in [0.4, 0.5) is 0 Å². The van der Waals surface area contributed by atoms with E-state index in [4.69, 9.17) is 0 Å². The highest BCUT2D eigenvalue weighted by molar-refractivity contribution is 7.97. The van der Waals surface area contributed by atoms with Gasteiger partial charge >= 0.3 is 5.97 Å². The lowest BCUT2D eigenvalue weighted by molar-refractivity contribution is 0.0591. The molecule has 0 atom stereocenters. The molecule has 0 aliphatic carbocycles. The minimum Gasteiger partial charge on any atom is -0.464 e. The molecule has 0 radical (unpaired) electrons. The second-order valence-electron chi connectivity index (χ2n) is 2.77. The number of carbonyl (C=O) groups is 2. The number of methoxy groups -OCH3 is 1. The van der Waals surface area contributed by atoms with Gasteiger partial charge in [0.1, 0.15) is 9.88 Å². The SMILES string of the molecule is COC(=O)c1nc(CSC)sc1C(C)=O. The molecule has 0 N–H and O–H groups in total. The summed E-state index contributed by atoms with van der Waals surface area (Å²) in [7, 11) is 1.28. The monoisotopic (exact) mass is 245 g/mol. The van der Waals surface area contributed by atoms with Gasteiger partial charge in [0.25, 0.3) is 0 Å². The van der Waals surface area contributed by atoms with E-state index in [1.54, 1.807) is 11.8 Å². The van der Waals surface area contributed by atoms with Gasteiger partial charge in [-0.3, -0.25) is 4.79 Å². The Balaban J connectivity index is 3.11. The molecule has 1 aromatic heterocycles. The number of hydrogen-bond acceptors (Lipinski definition) is 6. The Hall–Kier alpha value is -0.880. The van der Waals surface area contributed by atoms with Crippen molar-refractivity contribution >= 4 is 34.9 Å². The zero-order valence-corrected chi connectivity index (χ0v) is 10.3. The zero-order valence-electron chi connectivity index (χ0n) is 8.70. The molecule has 0 aliphatic rings. The number of ether oxygens (including phenoxy) is 1.